The van der Waals surface area contributed by atoms with Gasteiger partial charge in [0.1, 0.15) is 32.2 Å². The van der Waals surface area contributed by atoms with Crippen LogP contribution in [-0.4, -0.2) is 51.0 Å². The molecule has 0 aliphatic heterocycles. The predicted molar refractivity (Wildman–Crippen MR) is 127 cm³/mol. The molecular weight excluding hydrogens is 426 g/mol. The highest BCUT2D eigenvalue weighted by Gasteiger charge is 2.22. The Labute approximate surface area is 198 Å². The van der Waals surface area contributed by atoms with Gasteiger partial charge in [-0.25, -0.2) is 9.59 Å². The van der Waals surface area contributed by atoms with E-state index in [-0.39, 0.29) is 37.8 Å². The maximum absolute atomic E-state index is 11.8. The zero-order valence-electron chi connectivity index (χ0n) is 20.9. The van der Waals surface area contributed by atoms with E-state index in [0.717, 1.165) is 24.8 Å². The number of allylic oxidation sites excluding steroid dienone is 1. The summed E-state index contributed by atoms with van der Waals surface area (Å²) in [5.41, 5.74) is 0.892. The van der Waals surface area contributed by atoms with Crippen LogP contribution in [-0.2, 0) is 28.5 Å². The van der Waals surface area contributed by atoms with Gasteiger partial charge in [-0.15, -0.1) is 0 Å². The second-order valence-corrected chi connectivity index (χ2v) is 9.04. The third-order valence-corrected chi connectivity index (χ3v) is 4.69. The van der Waals surface area contributed by atoms with Crippen LogP contribution in [0.3, 0.4) is 0 Å². The van der Waals surface area contributed by atoms with Crippen molar-refractivity contribution in [2.24, 2.45) is 11.3 Å². The number of hydrogen-bond acceptors (Lipinski definition) is 7. The minimum Gasteiger partial charge on any atom is -0.490 e. The Morgan fingerprint density at radius 3 is 2.06 bits per heavy atom. The largest absolute Gasteiger partial charge is 0.490 e. The second kappa shape index (κ2) is 15.9. The summed E-state index contributed by atoms with van der Waals surface area (Å²) in [6.45, 7) is 21.3. The Kier molecular flexibility index (Phi) is 14.6. The van der Waals surface area contributed by atoms with Crippen LogP contribution in [0.15, 0.2) is 36.6 Å². The van der Waals surface area contributed by atoms with Crippen molar-refractivity contribution in [1.29, 1.82) is 0 Å². The van der Waals surface area contributed by atoms with Crippen molar-refractivity contribution >= 4 is 18.0 Å². The molecular formula is C25H41NO7. The normalized spacial score (nSPS) is 11.7. The van der Waals surface area contributed by atoms with Crippen molar-refractivity contribution in [3.05, 3.63) is 36.6 Å². The van der Waals surface area contributed by atoms with Crippen molar-refractivity contribution in [2.45, 2.75) is 60.3 Å². The van der Waals surface area contributed by atoms with Crippen molar-refractivity contribution in [1.82, 2.24) is 5.32 Å². The van der Waals surface area contributed by atoms with Crippen LogP contribution in [0.5, 0.6) is 0 Å². The smallest absolute Gasteiger partial charge is 0.407 e. The van der Waals surface area contributed by atoms with E-state index in [0.29, 0.717) is 30.2 Å². The fraction of sp³-hybridized carbons (Fsp3) is 0.640. The summed E-state index contributed by atoms with van der Waals surface area (Å²) >= 11 is 0. The molecule has 0 aliphatic carbocycles. The predicted octanol–water partition coefficient (Wildman–Crippen LogP) is 4.70. The van der Waals surface area contributed by atoms with E-state index in [1.807, 2.05) is 0 Å². The van der Waals surface area contributed by atoms with E-state index in [4.69, 9.17) is 18.9 Å². The highest BCUT2D eigenvalue weighted by atomic mass is 16.6. The lowest BCUT2D eigenvalue weighted by Gasteiger charge is -2.28. The minimum absolute atomic E-state index is 0.0151. The van der Waals surface area contributed by atoms with Crippen LogP contribution in [0, 0.1) is 11.3 Å². The van der Waals surface area contributed by atoms with E-state index in [1.54, 1.807) is 13.8 Å². The summed E-state index contributed by atoms with van der Waals surface area (Å²) in [5, 5.41) is 2.74. The molecule has 1 unspecified atom stereocenters. The van der Waals surface area contributed by atoms with E-state index < -0.39 is 12.1 Å². The fourth-order valence-electron chi connectivity index (χ4n) is 2.98. The average molecular weight is 468 g/mol. The van der Waals surface area contributed by atoms with E-state index in [1.165, 1.54) is 0 Å². The summed E-state index contributed by atoms with van der Waals surface area (Å²) < 4.78 is 20.3. The number of rotatable bonds is 17. The lowest BCUT2D eigenvalue weighted by Crippen LogP contribution is -2.35. The molecule has 0 heterocycles. The maximum atomic E-state index is 11.8. The van der Waals surface area contributed by atoms with Crippen LogP contribution in [0.25, 0.3) is 0 Å². The topological polar surface area (TPSA) is 100 Å². The zero-order valence-corrected chi connectivity index (χ0v) is 20.9. The van der Waals surface area contributed by atoms with Crippen molar-refractivity contribution in [3.63, 3.8) is 0 Å². The van der Waals surface area contributed by atoms with Gasteiger partial charge in [0.25, 0.3) is 0 Å². The summed E-state index contributed by atoms with van der Waals surface area (Å²) in [7, 11) is 0. The SMILES string of the molecule is C=C(C)C(=C)OCCOC(=O)CCCC(C)CC(C)(C)CNC(=O)OCCOC(=O)C(=C)C. The second-order valence-electron chi connectivity index (χ2n) is 9.04. The molecule has 33 heavy (non-hydrogen) atoms. The van der Waals surface area contributed by atoms with Crippen LogP contribution >= 0.6 is 0 Å². The fourth-order valence-corrected chi connectivity index (χ4v) is 2.98. The van der Waals surface area contributed by atoms with Crippen molar-refractivity contribution in [3.8, 4) is 0 Å². The first-order valence-corrected chi connectivity index (χ1v) is 11.2. The standard InChI is InChI=1S/C25H41NO7/c1-18(2)21(6)30-12-13-31-22(27)11-9-10-20(5)16-25(7,8)17-26-24(29)33-15-14-32-23(28)19(3)4/h20H,1,3,6,9-17H2,2,4-5,7-8H3,(H,26,29). The van der Waals surface area contributed by atoms with E-state index >= 15 is 0 Å². The molecule has 8 nitrogen and oxygen atoms in total. The Bertz CT molecular complexity index is 697. The number of carbonyl (C=O) groups excluding carboxylic acids is 3. The molecule has 0 saturated carbocycles. The molecule has 0 spiro atoms. The number of nitrogens with one attached hydrogen (secondary N) is 1. The van der Waals surface area contributed by atoms with E-state index in [2.05, 4.69) is 45.8 Å². The number of alkyl carbamates (subject to hydrolysis) is 1. The molecule has 1 atom stereocenters. The highest BCUT2D eigenvalue weighted by molar-refractivity contribution is 5.86. The number of ether oxygens (including phenoxy) is 4. The van der Waals surface area contributed by atoms with E-state index in [9.17, 15) is 14.4 Å². The molecule has 0 aromatic rings. The quantitative estimate of drug-likeness (QED) is 0.0826. The van der Waals surface area contributed by atoms with Gasteiger partial charge in [0.2, 0.25) is 0 Å². The first kappa shape index (κ1) is 30.2. The molecule has 1 amide bonds. The molecule has 0 bridgehead atoms. The van der Waals surface area contributed by atoms with Gasteiger partial charge in [0.15, 0.2) is 0 Å². The van der Waals surface area contributed by atoms with Crippen LogP contribution in [0.4, 0.5) is 4.79 Å². The highest BCUT2D eigenvalue weighted by Crippen LogP contribution is 2.27. The van der Waals surface area contributed by atoms with Gasteiger partial charge >= 0.3 is 18.0 Å². The maximum Gasteiger partial charge on any atom is 0.407 e. The number of carbonyl (C=O) groups is 3. The van der Waals surface area contributed by atoms with Gasteiger partial charge in [0.05, 0.1) is 0 Å². The van der Waals surface area contributed by atoms with Gasteiger partial charge in [-0.3, -0.25) is 4.79 Å². The van der Waals surface area contributed by atoms with Gasteiger partial charge < -0.3 is 24.3 Å². The summed E-state index contributed by atoms with van der Waals surface area (Å²) in [6, 6.07) is 0. The molecule has 0 fully saturated rings. The van der Waals surface area contributed by atoms with Gasteiger partial charge in [-0.1, -0.05) is 46.9 Å². The monoisotopic (exact) mass is 467 g/mol. The van der Waals surface area contributed by atoms with Crippen molar-refractivity contribution in [2.75, 3.05) is 33.0 Å². The molecule has 0 radical (unpaired) electrons. The lowest BCUT2D eigenvalue weighted by atomic mass is 9.81. The van der Waals surface area contributed by atoms with Crippen LogP contribution < -0.4 is 5.32 Å². The molecule has 0 aromatic carbocycles. The summed E-state index contributed by atoms with van der Waals surface area (Å²) in [6.07, 6.45) is 2.27. The lowest BCUT2D eigenvalue weighted by molar-refractivity contribution is -0.145. The Hall–Kier alpha value is -2.77. The number of hydrogen-bond donors (Lipinski definition) is 1. The summed E-state index contributed by atoms with van der Waals surface area (Å²) in [5.74, 6) is 0.106. The van der Waals surface area contributed by atoms with Crippen molar-refractivity contribution < 1.29 is 33.3 Å². The third kappa shape index (κ3) is 16.5. The van der Waals surface area contributed by atoms with Crippen LogP contribution in [0.2, 0.25) is 0 Å². The van der Waals surface area contributed by atoms with Gasteiger partial charge in [-0.2, -0.15) is 0 Å². The Morgan fingerprint density at radius 1 is 0.879 bits per heavy atom. The van der Waals surface area contributed by atoms with Gasteiger partial charge in [-0.05, 0) is 43.6 Å². The minimum atomic E-state index is -0.555. The van der Waals surface area contributed by atoms with Gasteiger partial charge in [0, 0.05) is 18.5 Å². The Morgan fingerprint density at radius 2 is 1.45 bits per heavy atom. The molecule has 8 heteroatoms. The average Bonchev–Trinajstić information content (AvgIpc) is 2.71. The molecule has 0 aliphatic rings. The zero-order chi connectivity index (χ0) is 25.4. The Balaban J connectivity index is 3.96. The summed E-state index contributed by atoms with van der Waals surface area (Å²) in [4.78, 5) is 34.9. The van der Waals surface area contributed by atoms with Crippen LogP contribution in [0.1, 0.15) is 60.3 Å². The molecule has 188 valence electrons. The molecule has 0 rings (SSSR count). The molecule has 0 aromatic heterocycles. The molecule has 1 N–H and O–H groups in total. The third-order valence-electron chi connectivity index (χ3n) is 4.69. The number of esters is 2. The molecule has 0 saturated heterocycles. The first-order valence-electron chi connectivity index (χ1n) is 11.2. The first-order chi connectivity index (χ1) is 15.3. The number of amides is 1.